The zero-order chi connectivity index (χ0) is 15.7. The zero-order valence-electron chi connectivity index (χ0n) is 11.4. The van der Waals surface area contributed by atoms with Gasteiger partial charge in [-0.2, -0.15) is 0 Å². The Morgan fingerprint density at radius 1 is 1.41 bits per heavy atom. The van der Waals surface area contributed by atoms with Gasteiger partial charge in [-0.25, -0.2) is 5.01 Å². The van der Waals surface area contributed by atoms with Crippen LogP contribution in [0.1, 0.15) is 9.67 Å². The third-order valence-electron chi connectivity index (χ3n) is 3.30. The minimum Gasteiger partial charge on any atom is -0.379 e. The second kappa shape index (κ2) is 6.17. The number of nitrogens with zero attached hydrogens (tertiary/aromatic N) is 2. The number of non-ortho nitro benzene ring substituents is 1. The Balaban J connectivity index is 1.87. The molecular weight excluding hydrogens is 330 g/mol. The van der Waals surface area contributed by atoms with Crippen LogP contribution in [0, 0.1) is 10.1 Å². The number of carbonyl (C=O) groups excluding carboxylic acids is 1. The fourth-order valence-electron chi connectivity index (χ4n) is 2.18. The topological polar surface area (TPSA) is 84.7 Å². The van der Waals surface area contributed by atoms with Gasteiger partial charge in [0, 0.05) is 35.3 Å². The highest BCUT2D eigenvalue weighted by Gasteiger charge is 2.21. The van der Waals surface area contributed by atoms with Crippen molar-refractivity contribution < 1.29 is 14.5 Å². The molecule has 7 nitrogen and oxygen atoms in total. The van der Waals surface area contributed by atoms with Crippen LogP contribution in [0.4, 0.5) is 5.69 Å². The first-order chi connectivity index (χ1) is 10.6. The fourth-order valence-corrected chi connectivity index (χ4v) is 3.62. The van der Waals surface area contributed by atoms with Crippen molar-refractivity contribution in [3.8, 4) is 0 Å². The Morgan fingerprint density at radius 2 is 2.14 bits per heavy atom. The van der Waals surface area contributed by atoms with Crippen LogP contribution >= 0.6 is 22.9 Å². The molecule has 1 aromatic carbocycles. The van der Waals surface area contributed by atoms with Crippen molar-refractivity contribution in [2.24, 2.45) is 0 Å². The van der Waals surface area contributed by atoms with Crippen molar-refractivity contribution in [1.82, 2.24) is 10.4 Å². The number of nitro benzene ring substituents is 1. The van der Waals surface area contributed by atoms with Gasteiger partial charge in [-0.05, 0) is 6.07 Å². The van der Waals surface area contributed by atoms with Crippen LogP contribution in [0.2, 0.25) is 5.02 Å². The second-order valence-corrected chi connectivity index (χ2v) is 6.15. The molecule has 1 amide bonds. The average Bonchev–Trinajstić information content (AvgIpc) is 2.85. The van der Waals surface area contributed by atoms with Crippen molar-refractivity contribution in [1.29, 1.82) is 0 Å². The van der Waals surface area contributed by atoms with Crippen molar-refractivity contribution in [2.45, 2.75) is 0 Å². The van der Waals surface area contributed by atoms with E-state index in [0.717, 1.165) is 11.3 Å². The lowest BCUT2D eigenvalue weighted by Gasteiger charge is -2.26. The first-order valence-corrected chi connectivity index (χ1v) is 7.76. The molecule has 1 aliphatic heterocycles. The summed E-state index contributed by atoms with van der Waals surface area (Å²) in [7, 11) is 0. The number of ether oxygens (including phenoxy) is 1. The van der Waals surface area contributed by atoms with E-state index in [4.69, 9.17) is 16.3 Å². The number of carbonyl (C=O) groups is 1. The van der Waals surface area contributed by atoms with Gasteiger partial charge >= 0.3 is 0 Å². The van der Waals surface area contributed by atoms with Crippen molar-refractivity contribution >= 4 is 44.6 Å². The van der Waals surface area contributed by atoms with Crippen LogP contribution in [-0.4, -0.2) is 42.1 Å². The Morgan fingerprint density at radius 3 is 2.82 bits per heavy atom. The average molecular weight is 342 g/mol. The molecule has 1 aliphatic rings. The third-order valence-corrected chi connectivity index (χ3v) is 4.96. The van der Waals surface area contributed by atoms with Gasteiger partial charge in [-0.1, -0.05) is 11.6 Å². The minimum atomic E-state index is -0.472. The number of nitro groups is 1. The number of halogens is 1. The summed E-state index contributed by atoms with van der Waals surface area (Å²) in [4.78, 5) is 23.0. The van der Waals surface area contributed by atoms with Crippen molar-refractivity contribution in [2.75, 3.05) is 26.3 Å². The van der Waals surface area contributed by atoms with Crippen LogP contribution in [0.3, 0.4) is 0 Å². The quantitative estimate of drug-likeness (QED) is 0.684. The number of fused-ring (bicyclic) bond motifs is 1. The van der Waals surface area contributed by atoms with E-state index >= 15 is 0 Å². The lowest BCUT2D eigenvalue weighted by Crippen LogP contribution is -2.48. The highest BCUT2D eigenvalue weighted by atomic mass is 35.5. The number of hydrogen-bond acceptors (Lipinski definition) is 6. The molecule has 116 valence electrons. The van der Waals surface area contributed by atoms with Gasteiger partial charge in [0.2, 0.25) is 0 Å². The summed E-state index contributed by atoms with van der Waals surface area (Å²) in [6.45, 7) is 2.35. The molecule has 0 saturated carbocycles. The highest BCUT2D eigenvalue weighted by Crippen LogP contribution is 2.37. The number of rotatable bonds is 3. The van der Waals surface area contributed by atoms with E-state index in [0.29, 0.717) is 46.3 Å². The maximum absolute atomic E-state index is 12.3. The Kier molecular flexibility index (Phi) is 4.25. The first-order valence-electron chi connectivity index (χ1n) is 6.56. The van der Waals surface area contributed by atoms with Crippen molar-refractivity contribution in [3.63, 3.8) is 0 Å². The number of nitrogens with one attached hydrogen (secondary N) is 1. The van der Waals surface area contributed by atoms with Crippen molar-refractivity contribution in [3.05, 3.63) is 38.2 Å². The van der Waals surface area contributed by atoms with E-state index < -0.39 is 4.92 Å². The standard InChI is InChI=1S/C13H12ClN3O4S/c14-11-9-2-1-8(17(19)20)7-10(9)22-12(11)13(18)15-16-3-5-21-6-4-16/h1-2,7H,3-6H2,(H,15,18). The van der Waals surface area contributed by atoms with Gasteiger partial charge in [0.15, 0.2) is 0 Å². The lowest BCUT2D eigenvalue weighted by atomic mass is 10.2. The minimum absolute atomic E-state index is 0.0226. The molecule has 2 heterocycles. The van der Waals surface area contributed by atoms with Crippen LogP contribution in [0.15, 0.2) is 18.2 Å². The molecule has 1 saturated heterocycles. The van der Waals surface area contributed by atoms with E-state index in [9.17, 15) is 14.9 Å². The van der Waals surface area contributed by atoms with Gasteiger partial charge in [-0.3, -0.25) is 20.3 Å². The molecule has 9 heteroatoms. The van der Waals surface area contributed by atoms with Gasteiger partial charge < -0.3 is 4.74 Å². The van der Waals surface area contributed by atoms with E-state index in [-0.39, 0.29) is 11.6 Å². The first kappa shape index (κ1) is 15.2. The van der Waals surface area contributed by atoms with Gasteiger partial charge in [-0.15, -0.1) is 11.3 Å². The Labute approximate surface area is 134 Å². The maximum Gasteiger partial charge on any atom is 0.277 e. The summed E-state index contributed by atoms with van der Waals surface area (Å²) >= 11 is 7.38. The number of morpholine rings is 1. The predicted octanol–water partition coefficient (Wildman–Crippen LogP) is 2.44. The van der Waals surface area contributed by atoms with E-state index in [1.54, 1.807) is 11.1 Å². The van der Waals surface area contributed by atoms with Gasteiger partial charge in [0.1, 0.15) is 4.88 Å². The van der Waals surface area contributed by atoms with E-state index in [2.05, 4.69) is 5.43 Å². The summed E-state index contributed by atoms with van der Waals surface area (Å²) in [5.41, 5.74) is 2.76. The monoisotopic (exact) mass is 341 g/mol. The summed E-state index contributed by atoms with van der Waals surface area (Å²) in [6.07, 6.45) is 0. The summed E-state index contributed by atoms with van der Waals surface area (Å²) < 4.78 is 5.83. The van der Waals surface area contributed by atoms with Crippen LogP contribution in [-0.2, 0) is 4.74 Å². The summed E-state index contributed by atoms with van der Waals surface area (Å²) in [6, 6.07) is 4.37. The summed E-state index contributed by atoms with van der Waals surface area (Å²) in [5, 5.41) is 13.5. The number of hydrazine groups is 1. The molecule has 1 N–H and O–H groups in total. The predicted molar refractivity (Wildman–Crippen MR) is 83.3 cm³/mol. The largest absolute Gasteiger partial charge is 0.379 e. The van der Waals surface area contributed by atoms with Crippen LogP contribution < -0.4 is 5.43 Å². The molecule has 0 radical (unpaired) electrons. The molecular formula is C13H12ClN3O4S. The number of benzene rings is 1. The molecule has 2 aromatic rings. The smallest absolute Gasteiger partial charge is 0.277 e. The third kappa shape index (κ3) is 2.91. The molecule has 1 fully saturated rings. The van der Waals surface area contributed by atoms with Crippen LogP contribution in [0.5, 0.6) is 0 Å². The molecule has 3 rings (SSSR count). The highest BCUT2D eigenvalue weighted by molar-refractivity contribution is 7.21. The number of thiophene rings is 1. The summed E-state index contributed by atoms with van der Waals surface area (Å²) in [5.74, 6) is -0.309. The van der Waals surface area contributed by atoms with E-state index in [1.165, 1.54) is 12.1 Å². The second-order valence-electron chi connectivity index (χ2n) is 4.72. The normalized spacial score (nSPS) is 15.9. The molecule has 0 atom stereocenters. The zero-order valence-corrected chi connectivity index (χ0v) is 12.9. The Hall–Kier alpha value is -1.74. The SMILES string of the molecule is O=C(NN1CCOCC1)c1sc2cc([N+](=O)[O-])ccc2c1Cl. The number of hydrogen-bond donors (Lipinski definition) is 1. The van der Waals surface area contributed by atoms with Crippen LogP contribution in [0.25, 0.3) is 10.1 Å². The Bertz CT molecular complexity index is 742. The molecule has 1 aromatic heterocycles. The number of amides is 1. The maximum atomic E-state index is 12.3. The molecule has 0 unspecified atom stereocenters. The lowest BCUT2D eigenvalue weighted by molar-refractivity contribution is -0.384. The molecule has 0 aliphatic carbocycles. The molecule has 22 heavy (non-hydrogen) atoms. The van der Waals surface area contributed by atoms with E-state index in [1.807, 2.05) is 0 Å². The molecule has 0 bridgehead atoms. The molecule has 0 spiro atoms. The fraction of sp³-hybridized carbons (Fsp3) is 0.308. The van der Waals surface area contributed by atoms with Gasteiger partial charge in [0.25, 0.3) is 11.6 Å². The van der Waals surface area contributed by atoms with Gasteiger partial charge in [0.05, 0.1) is 23.2 Å².